The van der Waals surface area contributed by atoms with Crippen LogP contribution < -0.4 is 5.32 Å². The van der Waals surface area contributed by atoms with Gasteiger partial charge in [-0.25, -0.2) is 15.0 Å². The molecule has 1 aliphatic rings. The Morgan fingerprint density at radius 2 is 2.14 bits per heavy atom. The molecule has 3 heterocycles. The molecule has 1 aliphatic carbocycles. The molecule has 1 amide bonds. The summed E-state index contributed by atoms with van der Waals surface area (Å²) >= 11 is 0. The monoisotopic (exact) mass is 384 g/mol. The van der Waals surface area contributed by atoms with Crippen LogP contribution in [0.4, 0.5) is 0 Å². The smallest absolute Gasteiger partial charge is 0.272 e. The van der Waals surface area contributed by atoms with Gasteiger partial charge in [-0.15, -0.1) is 0 Å². The number of nitrogens with zero attached hydrogens (tertiary/aromatic N) is 4. The zero-order valence-corrected chi connectivity index (χ0v) is 15.8. The van der Waals surface area contributed by atoms with E-state index in [4.69, 9.17) is 9.47 Å². The molecule has 0 atom stereocenters. The number of amides is 1. The number of nitrogens with one attached hydrogen (secondary N) is 2. The first-order chi connectivity index (χ1) is 13.7. The lowest BCUT2D eigenvalue weighted by molar-refractivity contribution is -0.00409. The Labute approximate surface area is 162 Å². The van der Waals surface area contributed by atoms with Crippen LogP contribution in [0.3, 0.4) is 0 Å². The summed E-state index contributed by atoms with van der Waals surface area (Å²) in [5.41, 5.74) is 1.68. The van der Waals surface area contributed by atoms with Gasteiger partial charge >= 0.3 is 0 Å². The van der Waals surface area contributed by atoms with Crippen molar-refractivity contribution in [1.29, 1.82) is 0 Å². The fourth-order valence-electron chi connectivity index (χ4n) is 3.52. The van der Waals surface area contributed by atoms with E-state index in [0.717, 1.165) is 25.7 Å². The second-order valence-electron chi connectivity index (χ2n) is 6.89. The molecular formula is C19H24N6O3. The first-order valence-electron chi connectivity index (χ1n) is 9.49. The largest absolute Gasteiger partial charge is 0.382 e. The second kappa shape index (κ2) is 8.49. The SMILES string of the molecule is COCCO[C@H]1CC[C@@H](NC(=O)c2nc(-n3ccnc3)nc3cc[nH]c23)CC1. The van der Waals surface area contributed by atoms with E-state index in [1.807, 2.05) is 6.07 Å². The van der Waals surface area contributed by atoms with Gasteiger partial charge in [-0.05, 0) is 31.7 Å². The van der Waals surface area contributed by atoms with Crippen molar-refractivity contribution in [3.63, 3.8) is 0 Å². The van der Waals surface area contributed by atoms with Crippen molar-refractivity contribution < 1.29 is 14.3 Å². The molecule has 0 radical (unpaired) electrons. The van der Waals surface area contributed by atoms with Gasteiger partial charge in [-0.1, -0.05) is 0 Å². The van der Waals surface area contributed by atoms with E-state index >= 15 is 0 Å². The molecule has 9 nitrogen and oxygen atoms in total. The Hall–Kier alpha value is -2.78. The number of carbonyl (C=O) groups excluding carboxylic acids is 1. The van der Waals surface area contributed by atoms with Crippen LogP contribution >= 0.6 is 0 Å². The number of aromatic nitrogens is 5. The molecule has 0 unspecified atom stereocenters. The van der Waals surface area contributed by atoms with Gasteiger partial charge in [0.2, 0.25) is 5.95 Å². The van der Waals surface area contributed by atoms with Crippen molar-refractivity contribution in [3.8, 4) is 5.95 Å². The number of methoxy groups -OCH3 is 1. The van der Waals surface area contributed by atoms with Crippen molar-refractivity contribution in [3.05, 3.63) is 36.7 Å². The van der Waals surface area contributed by atoms with Gasteiger partial charge in [0.15, 0.2) is 5.69 Å². The minimum atomic E-state index is -0.194. The van der Waals surface area contributed by atoms with Crippen molar-refractivity contribution >= 4 is 16.9 Å². The first-order valence-corrected chi connectivity index (χ1v) is 9.49. The molecule has 1 fully saturated rings. The van der Waals surface area contributed by atoms with E-state index in [0.29, 0.717) is 35.9 Å². The molecule has 0 aromatic carbocycles. The van der Waals surface area contributed by atoms with Crippen molar-refractivity contribution in [2.45, 2.75) is 37.8 Å². The third-order valence-corrected chi connectivity index (χ3v) is 4.99. The number of fused-ring (bicyclic) bond motifs is 1. The Kier molecular flexibility index (Phi) is 5.63. The van der Waals surface area contributed by atoms with Crippen LogP contribution in [-0.4, -0.2) is 62.9 Å². The maximum atomic E-state index is 12.9. The molecule has 3 aromatic rings. The number of ether oxygens (including phenoxy) is 2. The molecule has 28 heavy (non-hydrogen) atoms. The number of hydrogen-bond donors (Lipinski definition) is 2. The molecule has 148 valence electrons. The lowest BCUT2D eigenvalue weighted by atomic mass is 9.93. The predicted molar refractivity (Wildman–Crippen MR) is 102 cm³/mol. The molecule has 1 saturated carbocycles. The number of imidazole rings is 1. The molecule has 3 aromatic heterocycles. The third-order valence-electron chi connectivity index (χ3n) is 4.99. The van der Waals surface area contributed by atoms with E-state index in [-0.39, 0.29) is 18.1 Å². The summed E-state index contributed by atoms with van der Waals surface area (Å²) in [6, 6.07) is 1.95. The van der Waals surface area contributed by atoms with E-state index < -0.39 is 0 Å². The van der Waals surface area contributed by atoms with E-state index in [1.54, 1.807) is 36.6 Å². The highest BCUT2D eigenvalue weighted by molar-refractivity contribution is 6.03. The maximum absolute atomic E-state index is 12.9. The van der Waals surface area contributed by atoms with Gasteiger partial charge in [0.1, 0.15) is 6.33 Å². The lowest BCUT2D eigenvalue weighted by Gasteiger charge is -2.29. The van der Waals surface area contributed by atoms with Crippen molar-refractivity contribution in [2.24, 2.45) is 0 Å². The lowest BCUT2D eigenvalue weighted by Crippen LogP contribution is -2.39. The molecule has 9 heteroatoms. The number of aromatic amines is 1. The summed E-state index contributed by atoms with van der Waals surface area (Å²) in [5.74, 6) is 0.227. The van der Waals surface area contributed by atoms with Gasteiger partial charge < -0.3 is 19.8 Å². The highest BCUT2D eigenvalue weighted by Crippen LogP contribution is 2.22. The number of carbonyl (C=O) groups is 1. The zero-order valence-electron chi connectivity index (χ0n) is 15.8. The molecular weight excluding hydrogens is 360 g/mol. The Bertz CT molecular complexity index is 915. The first kappa shape index (κ1) is 18.6. The average molecular weight is 384 g/mol. The average Bonchev–Trinajstić information content (AvgIpc) is 3.40. The van der Waals surface area contributed by atoms with Crippen LogP contribution in [0.15, 0.2) is 31.0 Å². The van der Waals surface area contributed by atoms with Crippen LogP contribution in [0.25, 0.3) is 17.0 Å². The Balaban J connectivity index is 1.44. The number of hydrogen-bond acceptors (Lipinski definition) is 6. The summed E-state index contributed by atoms with van der Waals surface area (Å²) < 4.78 is 12.5. The molecule has 0 spiro atoms. The highest BCUT2D eigenvalue weighted by atomic mass is 16.5. The molecule has 2 N–H and O–H groups in total. The number of rotatable bonds is 7. The topological polar surface area (TPSA) is 107 Å². The van der Waals surface area contributed by atoms with Gasteiger partial charge in [0, 0.05) is 31.7 Å². The summed E-state index contributed by atoms with van der Waals surface area (Å²) in [6.45, 7) is 1.22. The van der Waals surface area contributed by atoms with Crippen LogP contribution in [0, 0.1) is 0 Å². The highest BCUT2D eigenvalue weighted by Gasteiger charge is 2.25. The van der Waals surface area contributed by atoms with Gasteiger partial charge in [-0.2, -0.15) is 0 Å². The van der Waals surface area contributed by atoms with E-state index in [1.165, 1.54) is 0 Å². The van der Waals surface area contributed by atoms with Crippen LogP contribution in [0.5, 0.6) is 0 Å². The number of H-pyrrole nitrogens is 1. The summed E-state index contributed by atoms with van der Waals surface area (Å²) in [4.78, 5) is 29.0. The minimum Gasteiger partial charge on any atom is -0.382 e. The van der Waals surface area contributed by atoms with Crippen LogP contribution in [0.1, 0.15) is 36.2 Å². The molecule has 0 aliphatic heterocycles. The fraction of sp³-hybridized carbons (Fsp3) is 0.474. The van der Waals surface area contributed by atoms with E-state index in [2.05, 4.69) is 25.3 Å². The van der Waals surface area contributed by atoms with Gasteiger partial charge in [0.25, 0.3) is 5.91 Å². The van der Waals surface area contributed by atoms with Gasteiger partial charge in [-0.3, -0.25) is 9.36 Å². The third kappa shape index (κ3) is 4.05. The Morgan fingerprint density at radius 3 is 2.89 bits per heavy atom. The summed E-state index contributed by atoms with van der Waals surface area (Å²) in [7, 11) is 1.67. The molecule has 4 rings (SSSR count). The fourth-order valence-corrected chi connectivity index (χ4v) is 3.52. The quantitative estimate of drug-likeness (QED) is 0.602. The van der Waals surface area contributed by atoms with Crippen molar-refractivity contribution in [2.75, 3.05) is 20.3 Å². The maximum Gasteiger partial charge on any atom is 0.272 e. The van der Waals surface area contributed by atoms with E-state index in [9.17, 15) is 4.79 Å². The van der Waals surface area contributed by atoms with Crippen LogP contribution in [-0.2, 0) is 9.47 Å². The summed E-state index contributed by atoms with van der Waals surface area (Å²) in [5, 5.41) is 3.12. The summed E-state index contributed by atoms with van der Waals surface area (Å²) in [6.07, 6.45) is 10.6. The zero-order chi connectivity index (χ0) is 19.3. The van der Waals surface area contributed by atoms with Gasteiger partial charge in [0.05, 0.1) is 30.4 Å². The predicted octanol–water partition coefficient (Wildman–Crippen LogP) is 1.85. The normalized spacial score (nSPS) is 19.8. The Morgan fingerprint density at radius 1 is 1.29 bits per heavy atom. The second-order valence-corrected chi connectivity index (χ2v) is 6.89. The minimum absolute atomic E-state index is 0.117. The van der Waals surface area contributed by atoms with Crippen molar-refractivity contribution in [1.82, 2.24) is 29.8 Å². The molecule has 0 bridgehead atoms. The van der Waals surface area contributed by atoms with Crippen LogP contribution in [0.2, 0.25) is 0 Å². The standard InChI is InChI=1S/C19H24N6O3/c1-27-10-11-28-14-4-2-13(3-5-14)22-18(26)17-16-15(6-7-21-16)23-19(24-17)25-9-8-20-12-25/h6-9,12-14,21H,2-5,10-11H2,1H3,(H,22,26)/t13-,14+. The molecule has 0 saturated heterocycles.